The van der Waals surface area contributed by atoms with E-state index >= 15 is 0 Å². The fraction of sp³-hybridized carbons (Fsp3) is 0.350. The zero-order chi connectivity index (χ0) is 34.1. The van der Waals surface area contributed by atoms with E-state index < -0.39 is 0 Å². The summed E-state index contributed by atoms with van der Waals surface area (Å²) in [5, 5.41) is 38.6. The first-order valence-corrected chi connectivity index (χ1v) is 19.9. The van der Waals surface area contributed by atoms with Crippen molar-refractivity contribution in [3.8, 4) is 53.5 Å². The van der Waals surface area contributed by atoms with Gasteiger partial charge in [-0.25, -0.2) is 0 Å². The molecule has 0 bridgehead atoms. The highest BCUT2D eigenvalue weighted by atomic mass is 32.1. The Morgan fingerprint density at radius 3 is 1.27 bits per heavy atom. The molecule has 0 aliphatic carbocycles. The van der Waals surface area contributed by atoms with Gasteiger partial charge in [0, 0.05) is 39.0 Å². The second kappa shape index (κ2) is 19.7. The van der Waals surface area contributed by atoms with Crippen LogP contribution in [0.1, 0.15) is 100 Å². The average Bonchev–Trinajstić information content (AvgIpc) is 3.93. The van der Waals surface area contributed by atoms with Crippen molar-refractivity contribution in [2.45, 2.75) is 90.4 Å². The lowest BCUT2D eigenvalue weighted by atomic mass is 10.00. The van der Waals surface area contributed by atoms with E-state index in [4.69, 9.17) is 0 Å². The molecule has 0 atom stereocenters. The summed E-state index contributed by atoms with van der Waals surface area (Å²) in [4.78, 5) is 9.01. The van der Waals surface area contributed by atoms with E-state index in [-0.39, 0.29) is 11.1 Å². The smallest absolute Gasteiger partial charge is 0.134 e. The largest absolute Gasteiger partial charge is 0.192 e. The molecule has 4 aromatic heterocycles. The van der Waals surface area contributed by atoms with E-state index in [0.717, 1.165) is 88.4 Å². The number of hydrogen-bond acceptors (Lipinski definition) is 8. The number of nitriles is 4. The Labute approximate surface area is 301 Å². The lowest BCUT2D eigenvalue weighted by Crippen LogP contribution is -1.88. The molecule has 0 unspecified atom stereocenters. The maximum Gasteiger partial charge on any atom is 0.134 e. The first kappa shape index (κ1) is 36.8. The molecule has 4 heterocycles. The van der Waals surface area contributed by atoms with Crippen molar-refractivity contribution < 1.29 is 0 Å². The molecule has 0 spiro atoms. The van der Waals surface area contributed by atoms with Crippen molar-refractivity contribution in [3.05, 3.63) is 82.1 Å². The van der Waals surface area contributed by atoms with Crippen LogP contribution in [0.3, 0.4) is 0 Å². The number of hydrogen-bond donors (Lipinski definition) is 0. The minimum atomic E-state index is 0.221. The van der Waals surface area contributed by atoms with Crippen molar-refractivity contribution in [3.63, 3.8) is 0 Å². The predicted molar refractivity (Wildman–Crippen MR) is 206 cm³/mol. The second-order valence-electron chi connectivity index (χ2n) is 11.6. The molecule has 0 radical (unpaired) electrons. The number of rotatable bonds is 19. The fourth-order valence-corrected chi connectivity index (χ4v) is 10.0. The molecule has 4 aromatic rings. The third kappa shape index (κ3) is 10.00. The molecule has 0 saturated carbocycles. The highest BCUT2D eigenvalue weighted by molar-refractivity contribution is 7.28. The Morgan fingerprint density at radius 1 is 0.521 bits per heavy atom. The van der Waals surface area contributed by atoms with E-state index in [1.165, 1.54) is 45.2 Å². The first-order chi connectivity index (χ1) is 23.6. The van der Waals surface area contributed by atoms with Gasteiger partial charge in [-0.3, -0.25) is 0 Å². The number of allylic oxidation sites excluding steroid dienone is 5. The normalized spacial score (nSPS) is 10.4. The van der Waals surface area contributed by atoms with Crippen LogP contribution in [0.15, 0.2) is 72.3 Å². The van der Waals surface area contributed by atoms with E-state index in [0.29, 0.717) is 0 Å². The zero-order valence-corrected chi connectivity index (χ0v) is 30.8. The van der Waals surface area contributed by atoms with Crippen LogP contribution in [0, 0.1) is 45.3 Å². The van der Waals surface area contributed by atoms with Gasteiger partial charge in [-0.15, -0.1) is 51.9 Å². The molecule has 0 aliphatic heterocycles. The van der Waals surface area contributed by atoms with Crippen molar-refractivity contribution in [1.82, 2.24) is 0 Å². The molecule has 244 valence electrons. The van der Waals surface area contributed by atoms with E-state index in [2.05, 4.69) is 86.3 Å². The van der Waals surface area contributed by atoms with E-state index in [1.807, 2.05) is 6.08 Å². The van der Waals surface area contributed by atoms with Gasteiger partial charge in [0.15, 0.2) is 0 Å². The Bertz CT molecular complexity index is 1870. The SMILES string of the molecule is C=CCCCCCCCCC(=C(C#N)C#N)c1ccc(-c2ccc(-c3ccc(-c4ccc(C(CCCCCC)=C(C#N)C#N)s4)s3)s2)s1. The van der Waals surface area contributed by atoms with Crippen molar-refractivity contribution >= 4 is 56.5 Å². The summed E-state index contributed by atoms with van der Waals surface area (Å²) in [5.41, 5.74) is 2.18. The topological polar surface area (TPSA) is 95.2 Å². The summed E-state index contributed by atoms with van der Waals surface area (Å²) >= 11 is 6.81. The summed E-state index contributed by atoms with van der Waals surface area (Å²) in [6.45, 7) is 5.97. The standard InChI is InChI=1S/C40H40N4S4/c1-3-5-7-9-10-11-12-14-16-32(30(27-43)28-44)34-18-20-36(46-34)38-22-24-40(48-38)39-23-21-37(47-39)35-19-17-33(45-35)31(29(25-41)26-42)15-13-8-6-4-2/h3,17-24H,1,4-16H2,2H3. The van der Waals surface area contributed by atoms with Crippen LogP contribution in [-0.2, 0) is 0 Å². The second-order valence-corrected chi connectivity index (χ2v) is 15.9. The minimum absolute atomic E-state index is 0.221. The third-order valence-electron chi connectivity index (χ3n) is 8.16. The van der Waals surface area contributed by atoms with Gasteiger partial charge in [0.25, 0.3) is 0 Å². The van der Waals surface area contributed by atoms with Gasteiger partial charge in [0.2, 0.25) is 0 Å². The average molecular weight is 705 g/mol. The van der Waals surface area contributed by atoms with Gasteiger partial charge in [-0.2, -0.15) is 21.0 Å². The Hall–Kier alpha value is -4.02. The summed E-state index contributed by atoms with van der Waals surface area (Å²) in [5.74, 6) is 0. The Morgan fingerprint density at radius 2 is 0.875 bits per heavy atom. The summed E-state index contributed by atoms with van der Waals surface area (Å²) in [6, 6.07) is 25.5. The van der Waals surface area contributed by atoms with Gasteiger partial charge in [0.05, 0.1) is 0 Å². The van der Waals surface area contributed by atoms with Crippen LogP contribution in [0.25, 0.3) is 40.4 Å². The van der Waals surface area contributed by atoms with Crippen molar-refractivity contribution in [1.29, 1.82) is 21.0 Å². The predicted octanol–water partition coefficient (Wildman–Crippen LogP) is 13.8. The molecule has 48 heavy (non-hydrogen) atoms. The van der Waals surface area contributed by atoms with Crippen LogP contribution in [0.5, 0.6) is 0 Å². The maximum atomic E-state index is 9.69. The molecule has 4 rings (SSSR count). The molecule has 0 aromatic carbocycles. The van der Waals surface area contributed by atoms with Gasteiger partial charge in [-0.05, 0) is 98.2 Å². The Balaban J connectivity index is 1.46. The zero-order valence-electron chi connectivity index (χ0n) is 27.5. The minimum Gasteiger partial charge on any atom is -0.192 e. The van der Waals surface area contributed by atoms with Gasteiger partial charge >= 0.3 is 0 Å². The molecule has 0 aliphatic rings. The summed E-state index contributed by atoms with van der Waals surface area (Å²) in [7, 11) is 0. The van der Waals surface area contributed by atoms with Crippen LogP contribution in [-0.4, -0.2) is 0 Å². The van der Waals surface area contributed by atoms with E-state index in [1.54, 1.807) is 45.3 Å². The molecule has 0 amide bonds. The number of thiophene rings is 4. The molecular weight excluding hydrogens is 665 g/mol. The molecule has 0 fully saturated rings. The van der Waals surface area contributed by atoms with Gasteiger partial charge in [-0.1, -0.05) is 57.9 Å². The van der Waals surface area contributed by atoms with Gasteiger partial charge in [0.1, 0.15) is 35.4 Å². The maximum absolute atomic E-state index is 9.69. The van der Waals surface area contributed by atoms with Crippen molar-refractivity contribution in [2.75, 3.05) is 0 Å². The van der Waals surface area contributed by atoms with E-state index in [9.17, 15) is 21.0 Å². The third-order valence-corrected chi connectivity index (χ3v) is 13.2. The highest BCUT2D eigenvalue weighted by Gasteiger charge is 2.17. The van der Waals surface area contributed by atoms with Crippen LogP contribution < -0.4 is 0 Å². The molecule has 8 heteroatoms. The van der Waals surface area contributed by atoms with Crippen LogP contribution in [0.4, 0.5) is 0 Å². The lowest BCUT2D eigenvalue weighted by Gasteiger charge is -2.06. The monoisotopic (exact) mass is 704 g/mol. The fourth-order valence-electron chi connectivity index (χ4n) is 5.56. The summed E-state index contributed by atoms with van der Waals surface area (Å²) < 4.78 is 0. The lowest BCUT2D eigenvalue weighted by molar-refractivity contribution is 0.602. The quantitative estimate of drug-likeness (QED) is 0.0551. The van der Waals surface area contributed by atoms with Crippen LogP contribution >= 0.6 is 45.3 Å². The Kier molecular flexibility index (Phi) is 15.1. The molecule has 0 saturated heterocycles. The summed E-state index contributed by atoms with van der Waals surface area (Å²) in [6.07, 6.45) is 15.8. The number of nitrogens with zero attached hydrogens (tertiary/aromatic N) is 4. The highest BCUT2D eigenvalue weighted by Crippen LogP contribution is 2.45. The van der Waals surface area contributed by atoms with Crippen LogP contribution in [0.2, 0.25) is 0 Å². The number of unbranched alkanes of at least 4 members (excludes halogenated alkanes) is 9. The van der Waals surface area contributed by atoms with Crippen molar-refractivity contribution in [2.24, 2.45) is 0 Å². The molecule has 4 nitrogen and oxygen atoms in total. The molecular formula is C40H40N4S4. The van der Waals surface area contributed by atoms with Gasteiger partial charge < -0.3 is 0 Å². The first-order valence-electron chi connectivity index (χ1n) is 16.7. The molecule has 0 N–H and O–H groups in total.